The van der Waals surface area contributed by atoms with Crippen LogP contribution in [0.5, 0.6) is 0 Å². The molecule has 0 unspecified atom stereocenters. The number of hydrogen-bond acceptors (Lipinski definition) is 2. The van der Waals surface area contributed by atoms with E-state index in [1.54, 1.807) is 0 Å². The van der Waals surface area contributed by atoms with Gasteiger partial charge in [-0.1, -0.05) is 97.8 Å². The number of fused-ring (bicyclic) bond motifs is 8. The van der Waals surface area contributed by atoms with Gasteiger partial charge in [-0.25, -0.2) is 0 Å². The normalized spacial score (nSPS) is 23.4. The fourth-order valence-electron chi connectivity index (χ4n) is 4.89. The Kier molecular flexibility index (Phi) is 1.84. The molecule has 0 amide bonds. The van der Waals surface area contributed by atoms with E-state index in [2.05, 4.69) is 0 Å². The molecule has 0 fully saturated rings. The van der Waals surface area contributed by atoms with E-state index in [1.807, 2.05) is 0 Å². The van der Waals surface area contributed by atoms with Gasteiger partial charge in [-0.2, -0.15) is 0 Å². The van der Waals surface area contributed by atoms with E-state index in [0.717, 1.165) is 0 Å². The Morgan fingerprint density at radius 3 is 2.23 bits per heavy atom. The Bertz CT molecular complexity index is 3380. The first-order valence-corrected chi connectivity index (χ1v) is 11.8. The molecule has 192 valence electrons. The smallest absolute Gasteiger partial charge is 0.143 e. The Hall–Kier alpha value is -4.82. The second-order valence-corrected chi connectivity index (χ2v) is 9.02. The summed E-state index contributed by atoms with van der Waals surface area (Å²) in [6.45, 7) is -6.51. The van der Waals surface area contributed by atoms with Gasteiger partial charge in [0.15, 0.2) is 0 Å². The van der Waals surface area contributed by atoms with E-state index < -0.39 is 207 Å². The minimum absolute atomic E-state index is 0.118. The number of para-hydroxylation sites is 1. The third-order valence-electron chi connectivity index (χ3n) is 6.62. The van der Waals surface area contributed by atoms with Crippen LogP contribution in [0.1, 0.15) is 66.0 Å². The van der Waals surface area contributed by atoms with Crippen molar-refractivity contribution in [3.05, 3.63) is 138 Å². The zero-order chi connectivity index (χ0) is 49.4. The van der Waals surface area contributed by atoms with Gasteiger partial charge in [-0.15, -0.1) is 0 Å². The molecule has 0 bridgehead atoms. The molecule has 2 heteroatoms. The lowest BCUT2D eigenvalue weighted by molar-refractivity contribution is 0.660. The first-order valence-electron chi connectivity index (χ1n) is 24.8. The molecule has 0 radical (unpaired) electrons. The maximum absolute atomic E-state index is 9.93. The molecule has 0 spiro atoms. The highest BCUT2D eigenvalue weighted by Crippen LogP contribution is 2.51. The van der Waals surface area contributed by atoms with Gasteiger partial charge >= 0.3 is 0 Å². The Balaban J connectivity index is 1.75. The van der Waals surface area contributed by atoms with Gasteiger partial charge in [0.2, 0.25) is 0 Å². The van der Waals surface area contributed by atoms with E-state index in [-0.39, 0.29) is 10.9 Å². The van der Waals surface area contributed by atoms with E-state index in [4.69, 9.17) is 33.2 Å². The zero-order valence-electron chi connectivity index (χ0n) is 46.4. The molecule has 0 saturated heterocycles. The standard InChI is InChI=1S/C38H29NO/c1-24-17-20-36-31(21-24)32-23-35(29-14-7-8-15-30(29)37(32)40-36)39(25-11-5-4-6-12-25)26-18-19-28-27-13-9-10-16-33(27)38(2,3)34(28)22-26/h4-23H,1-3H3/i2D3,3D3,4D,5D,6D,7D,8D,9D,10D,11D,12D,13D,14D,15D,16D,17D,18D,19D,20D,21D,22D,23D. The van der Waals surface area contributed by atoms with Crippen molar-refractivity contribution in [2.24, 2.45) is 0 Å². The molecule has 2 nitrogen and oxygen atoms in total. The quantitative estimate of drug-likeness (QED) is 0.221. The van der Waals surface area contributed by atoms with Gasteiger partial charge in [0.1, 0.15) is 11.2 Å². The SMILES string of the molecule is [2H]c1c([2H])c([2H])c(N(c2c([2H])c([2H])c3c(c2[2H])C(C([2H])([2H])[2H])(C([2H])([2H])[2H])c2c([2H])c([2H])c([2H])c([2H])c2-3)c2c([2H])c3c(oc4c([2H])c([2H])c(C)c([2H])c43)c3c([2H])c([2H])c([2H])c([2H])c23)c([2H])c1[2H]. The number of anilines is 3. The summed E-state index contributed by atoms with van der Waals surface area (Å²) in [5.74, 6) is 0. The molecule has 0 saturated carbocycles. The third-order valence-corrected chi connectivity index (χ3v) is 6.62. The summed E-state index contributed by atoms with van der Waals surface area (Å²) < 4.78 is 238. The largest absolute Gasteiger partial charge is 0.455 e. The summed E-state index contributed by atoms with van der Waals surface area (Å²) in [5, 5.41) is -2.30. The first kappa shape index (κ1) is 8.84. The molecule has 0 atom stereocenters. The van der Waals surface area contributed by atoms with Gasteiger partial charge in [-0.3, -0.25) is 0 Å². The molecule has 8 rings (SSSR count). The van der Waals surface area contributed by atoms with Crippen LogP contribution in [0.15, 0.2) is 125 Å². The van der Waals surface area contributed by atoms with Gasteiger partial charge in [-0.05, 0) is 71.5 Å². The number of furan rings is 1. The maximum atomic E-state index is 9.93. The maximum Gasteiger partial charge on any atom is 0.143 e. The van der Waals surface area contributed by atoms with Crippen molar-refractivity contribution >= 4 is 49.8 Å². The summed E-state index contributed by atoms with van der Waals surface area (Å²) in [6, 6.07) is -20.0. The van der Waals surface area contributed by atoms with Crippen molar-refractivity contribution in [2.45, 2.75) is 26.0 Å². The third kappa shape index (κ3) is 3.23. The van der Waals surface area contributed by atoms with Crippen LogP contribution >= 0.6 is 0 Å². The molecule has 7 aromatic rings. The van der Waals surface area contributed by atoms with Gasteiger partial charge in [0.25, 0.3) is 0 Å². The predicted molar refractivity (Wildman–Crippen MR) is 168 cm³/mol. The van der Waals surface area contributed by atoms with E-state index in [0.29, 0.717) is 4.90 Å². The van der Waals surface area contributed by atoms with Crippen LogP contribution in [0.25, 0.3) is 43.8 Å². The van der Waals surface area contributed by atoms with Crippen LogP contribution in [0.2, 0.25) is 0 Å². The lowest BCUT2D eigenvalue weighted by Crippen LogP contribution is -2.16. The summed E-state index contributed by atoms with van der Waals surface area (Å²) in [6.07, 6.45) is 0. The number of nitrogens with zero attached hydrogens (tertiary/aromatic N) is 1. The van der Waals surface area contributed by atoms with Crippen LogP contribution in [-0.4, -0.2) is 0 Å². The number of rotatable bonds is 3. The van der Waals surface area contributed by atoms with Crippen molar-refractivity contribution in [3.63, 3.8) is 0 Å². The van der Waals surface area contributed by atoms with Crippen LogP contribution in [0.4, 0.5) is 17.1 Å². The minimum atomic E-state index is -3.91. The Labute approximate surface area is 270 Å². The van der Waals surface area contributed by atoms with Gasteiger partial charge in [0.05, 0.1) is 33.1 Å². The van der Waals surface area contributed by atoms with Crippen molar-refractivity contribution in [1.29, 1.82) is 0 Å². The van der Waals surface area contributed by atoms with Crippen LogP contribution in [0.3, 0.4) is 0 Å². The van der Waals surface area contributed by atoms with Crippen molar-refractivity contribution in [2.75, 3.05) is 4.90 Å². The first-order chi connectivity index (χ1) is 30.4. The van der Waals surface area contributed by atoms with Crippen LogP contribution in [0, 0.1) is 6.92 Å². The fraction of sp³-hybridized carbons (Fsp3) is 0.105. The zero-order valence-corrected chi connectivity index (χ0v) is 20.4. The predicted octanol–water partition coefficient (Wildman–Crippen LogP) is 10.8. The van der Waals surface area contributed by atoms with Gasteiger partial charge in [0, 0.05) is 46.6 Å². The Morgan fingerprint density at radius 1 is 0.625 bits per heavy atom. The molecule has 1 aliphatic carbocycles. The molecule has 1 aliphatic rings. The van der Waals surface area contributed by atoms with Crippen LogP contribution in [-0.2, 0) is 5.41 Å². The second-order valence-electron chi connectivity index (χ2n) is 9.02. The average Bonchev–Trinajstić information content (AvgIpc) is 3.82. The van der Waals surface area contributed by atoms with Crippen LogP contribution < -0.4 is 4.90 Å². The van der Waals surface area contributed by atoms with Crippen molar-refractivity contribution < 1.29 is 40.1 Å². The second kappa shape index (κ2) is 8.34. The minimum Gasteiger partial charge on any atom is -0.455 e. The summed E-state index contributed by atoms with van der Waals surface area (Å²) in [5.41, 5.74) is -12.1. The number of hydrogen-bond donors (Lipinski definition) is 0. The highest BCUT2D eigenvalue weighted by atomic mass is 16.3. The monoisotopic (exact) mass is 541 g/mol. The molecule has 0 aliphatic heterocycles. The summed E-state index contributed by atoms with van der Waals surface area (Å²) in [7, 11) is 0. The van der Waals surface area contributed by atoms with E-state index >= 15 is 0 Å². The summed E-state index contributed by atoms with van der Waals surface area (Å²) >= 11 is 0. The molecule has 6 aromatic carbocycles. The highest BCUT2D eigenvalue weighted by molar-refractivity contribution is 6.19. The van der Waals surface area contributed by atoms with E-state index in [1.165, 1.54) is 6.92 Å². The van der Waals surface area contributed by atoms with Crippen molar-refractivity contribution in [1.82, 2.24) is 0 Å². The van der Waals surface area contributed by atoms with Crippen molar-refractivity contribution in [3.8, 4) is 11.1 Å². The average molecular weight is 542 g/mol. The lowest BCUT2D eigenvalue weighted by atomic mass is 9.82. The molecular formula is C38H29NO. The number of benzene rings is 6. The molecular weight excluding hydrogens is 486 g/mol. The highest BCUT2D eigenvalue weighted by Gasteiger charge is 2.35. The Morgan fingerprint density at radius 2 is 1.38 bits per heavy atom. The van der Waals surface area contributed by atoms with E-state index in [9.17, 15) is 6.85 Å². The molecule has 0 N–H and O–H groups in total. The summed E-state index contributed by atoms with van der Waals surface area (Å²) in [4.78, 5) is 0.408. The molecule has 40 heavy (non-hydrogen) atoms. The topological polar surface area (TPSA) is 16.4 Å². The molecule has 1 heterocycles. The van der Waals surface area contributed by atoms with Gasteiger partial charge < -0.3 is 9.32 Å². The molecule has 1 aromatic heterocycles. The lowest BCUT2D eigenvalue weighted by Gasteiger charge is -2.29. The fourth-order valence-corrected chi connectivity index (χ4v) is 4.89.